The third-order valence-electron chi connectivity index (χ3n) is 1.67. The van der Waals surface area contributed by atoms with E-state index in [-0.39, 0.29) is 6.61 Å². The Kier molecular flexibility index (Phi) is 6.81. The molecule has 0 bridgehead atoms. The molecular weight excluding hydrogens is 261 g/mol. The Morgan fingerprint density at radius 1 is 1.37 bits per heavy atom. The van der Waals surface area contributed by atoms with Crippen molar-refractivity contribution >= 4 is 18.0 Å². The molecule has 1 atom stereocenters. The normalized spacial score (nSPS) is 13.6. The Morgan fingerprint density at radius 2 is 1.95 bits per heavy atom. The lowest BCUT2D eigenvalue weighted by Crippen LogP contribution is -2.35. The van der Waals surface area contributed by atoms with Crippen LogP contribution in [0.25, 0.3) is 0 Å². The summed E-state index contributed by atoms with van der Waals surface area (Å²) in [6, 6.07) is -1.63. The number of carbonyl (C=O) groups excluding carboxylic acids is 2. The lowest BCUT2D eigenvalue weighted by molar-refractivity contribution is -0.261. The molecule has 0 aliphatic rings. The van der Waals surface area contributed by atoms with Crippen LogP contribution in [-0.4, -0.2) is 36.3 Å². The molecule has 0 aromatic rings. The number of aliphatic imine (C=N–C) groups is 1. The van der Waals surface area contributed by atoms with Gasteiger partial charge < -0.3 is 14.6 Å². The number of esters is 1. The Bertz CT molecular complexity index is 350. The first-order valence-electron chi connectivity index (χ1n) is 5.61. The molecule has 8 heteroatoms. The molecule has 0 aliphatic carbocycles. The van der Waals surface area contributed by atoms with Gasteiger partial charge in [0.15, 0.2) is 6.04 Å². The SMILES string of the molecule is CCOC(=O)CC(N=C([O-])OC(C)(C)C)C(=O)OF. The van der Waals surface area contributed by atoms with E-state index in [1.54, 1.807) is 27.7 Å². The van der Waals surface area contributed by atoms with Crippen LogP contribution in [0.5, 0.6) is 0 Å². The number of ether oxygens (including phenoxy) is 2. The van der Waals surface area contributed by atoms with Crippen molar-refractivity contribution in [3.8, 4) is 0 Å². The fourth-order valence-corrected chi connectivity index (χ4v) is 1.03. The lowest BCUT2D eigenvalue weighted by Gasteiger charge is -2.29. The molecule has 7 nitrogen and oxygen atoms in total. The molecular formula is C11H17FNO6-. The van der Waals surface area contributed by atoms with Gasteiger partial charge in [0.1, 0.15) is 6.08 Å². The average Bonchev–Trinajstić information content (AvgIpc) is 2.24. The zero-order valence-corrected chi connectivity index (χ0v) is 11.3. The Labute approximate surface area is 110 Å². The van der Waals surface area contributed by atoms with Crippen molar-refractivity contribution in [2.75, 3.05) is 6.61 Å². The van der Waals surface area contributed by atoms with E-state index >= 15 is 0 Å². The van der Waals surface area contributed by atoms with Crippen LogP contribution in [0.3, 0.4) is 0 Å². The van der Waals surface area contributed by atoms with E-state index in [0.717, 1.165) is 0 Å². The van der Waals surface area contributed by atoms with Gasteiger partial charge in [0.25, 0.3) is 0 Å². The molecule has 110 valence electrons. The predicted molar refractivity (Wildman–Crippen MR) is 60.5 cm³/mol. The summed E-state index contributed by atoms with van der Waals surface area (Å²) in [5, 5.41) is 11.4. The lowest BCUT2D eigenvalue weighted by atomic mass is 10.2. The average molecular weight is 278 g/mol. The van der Waals surface area contributed by atoms with Crippen molar-refractivity contribution in [1.82, 2.24) is 0 Å². The van der Waals surface area contributed by atoms with E-state index in [9.17, 15) is 19.2 Å². The highest BCUT2D eigenvalue weighted by Crippen LogP contribution is 2.09. The number of nitrogens with zero attached hydrogens (tertiary/aromatic N) is 1. The van der Waals surface area contributed by atoms with Crippen molar-refractivity contribution < 1.29 is 33.6 Å². The molecule has 0 N–H and O–H groups in total. The number of halogens is 1. The molecule has 0 spiro atoms. The van der Waals surface area contributed by atoms with Crippen molar-refractivity contribution in [2.24, 2.45) is 4.99 Å². The molecule has 0 radical (unpaired) electrons. The number of hydrogen-bond acceptors (Lipinski definition) is 7. The monoisotopic (exact) mass is 278 g/mol. The maximum atomic E-state index is 11.8. The fraction of sp³-hybridized carbons (Fsp3) is 0.727. The maximum Gasteiger partial charge on any atom is 0.373 e. The Morgan fingerprint density at radius 3 is 2.37 bits per heavy atom. The van der Waals surface area contributed by atoms with E-state index in [2.05, 4.69) is 14.7 Å². The molecule has 0 aromatic heterocycles. The third-order valence-corrected chi connectivity index (χ3v) is 1.67. The third kappa shape index (κ3) is 7.96. The smallest absolute Gasteiger partial charge is 0.373 e. The largest absolute Gasteiger partial charge is 0.595 e. The first-order valence-corrected chi connectivity index (χ1v) is 5.61. The van der Waals surface area contributed by atoms with Crippen molar-refractivity contribution in [3.05, 3.63) is 0 Å². The summed E-state index contributed by atoms with van der Waals surface area (Å²) in [5.74, 6) is -2.26. The van der Waals surface area contributed by atoms with Gasteiger partial charge in [-0.3, -0.25) is 14.7 Å². The van der Waals surface area contributed by atoms with Crippen LogP contribution < -0.4 is 5.11 Å². The quantitative estimate of drug-likeness (QED) is 0.406. The van der Waals surface area contributed by atoms with Gasteiger partial charge in [0, 0.05) is 10.1 Å². The minimum absolute atomic E-state index is 0.0860. The molecule has 0 fully saturated rings. The van der Waals surface area contributed by atoms with Gasteiger partial charge in [0.2, 0.25) is 0 Å². The van der Waals surface area contributed by atoms with Gasteiger partial charge in [-0.05, 0) is 6.92 Å². The number of rotatable bonds is 5. The van der Waals surface area contributed by atoms with Crippen LogP contribution in [0.1, 0.15) is 34.1 Å². The summed E-state index contributed by atoms with van der Waals surface area (Å²) in [6.45, 7) is 6.42. The van der Waals surface area contributed by atoms with Crippen molar-refractivity contribution in [3.63, 3.8) is 0 Å². The standard InChI is InChI=1S/C11H18FNO6/c1-5-17-8(14)6-7(9(15)19-12)13-10(16)18-11(2,3)4/h7H,5-6H2,1-4H3,(H,13,16)/p-1. The van der Waals surface area contributed by atoms with Crippen LogP contribution in [-0.2, 0) is 24.0 Å². The minimum Gasteiger partial charge on any atom is -0.595 e. The second-order valence-electron chi connectivity index (χ2n) is 4.53. The zero-order chi connectivity index (χ0) is 15.1. The summed E-state index contributed by atoms with van der Waals surface area (Å²) >= 11 is 0. The zero-order valence-electron chi connectivity index (χ0n) is 11.3. The molecule has 0 saturated heterocycles. The van der Waals surface area contributed by atoms with Gasteiger partial charge in [-0.2, -0.15) is 0 Å². The van der Waals surface area contributed by atoms with Crippen LogP contribution in [0, 0.1) is 0 Å². The van der Waals surface area contributed by atoms with E-state index in [0.29, 0.717) is 0 Å². The molecule has 0 saturated carbocycles. The molecule has 19 heavy (non-hydrogen) atoms. The topological polar surface area (TPSA) is 97.3 Å². The van der Waals surface area contributed by atoms with Crippen molar-refractivity contribution in [1.29, 1.82) is 0 Å². The van der Waals surface area contributed by atoms with E-state index in [4.69, 9.17) is 4.74 Å². The van der Waals surface area contributed by atoms with Crippen LogP contribution in [0.4, 0.5) is 4.53 Å². The van der Waals surface area contributed by atoms with E-state index < -0.39 is 36.1 Å². The summed E-state index contributed by atoms with van der Waals surface area (Å²) < 4.78 is 21.2. The molecule has 0 rings (SSSR count). The highest BCUT2D eigenvalue weighted by atomic mass is 19.3. The highest BCUT2D eigenvalue weighted by molar-refractivity contribution is 5.84. The van der Waals surface area contributed by atoms with Gasteiger partial charge in [-0.25, -0.2) is 4.79 Å². The van der Waals surface area contributed by atoms with E-state index in [1.165, 1.54) is 0 Å². The predicted octanol–water partition coefficient (Wildman–Crippen LogP) is 0.267. The molecule has 0 amide bonds. The molecule has 0 aromatic carbocycles. The van der Waals surface area contributed by atoms with Gasteiger partial charge in [0.05, 0.1) is 13.0 Å². The Balaban J connectivity index is 4.81. The van der Waals surface area contributed by atoms with E-state index in [1.807, 2.05) is 0 Å². The maximum absolute atomic E-state index is 11.8. The number of carbonyl (C=O) groups is 2. The first-order chi connectivity index (χ1) is 8.69. The van der Waals surface area contributed by atoms with Crippen LogP contribution >= 0.6 is 0 Å². The Hall–Kier alpha value is -1.86. The highest BCUT2D eigenvalue weighted by Gasteiger charge is 2.25. The summed E-state index contributed by atoms with van der Waals surface area (Å²) in [7, 11) is 0. The van der Waals surface area contributed by atoms with Crippen LogP contribution in [0.2, 0.25) is 0 Å². The number of hydrogen-bond donors (Lipinski definition) is 0. The summed E-state index contributed by atoms with van der Waals surface area (Å²) in [4.78, 5) is 28.5. The van der Waals surface area contributed by atoms with Gasteiger partial charge in [-0.15, -0.1) is 0 Å². The minimum atomic E-state index is -1.63. The second-order valence-corrected chi connectivity index (χ2v) is 4.53. The second kappa shape index (κ2) is 7.55. The molecule has 0 aliphatic heterocycles. The van der Waals surface area contributed by atoms with Gasteiger partial charge in [-0.1, -0.05) is 20.8 Å². The summed E-state index contributed by atoms with van der Waals surface area (Å²) in [5.41, 5.74) is -0.825. The van der Waals surface area contributed by atoms with Crippen LogP contribution in [0.15, 0.2) is 4.99 Å². The first kappa shape index (κ1) is 17.1. The summed E-state index contributed by atoms with van der Waals surface area (Å²) in [6.07, 6.45) is -1.69. The molecule has 1 unspecified atom stereocenters. The van der Waals surface area contributed by atoms with Gasteiger partial charge >= 0.3 is 11.9 Å². The van der Waals surface area contributed by atoms with Crippen molar-refractivity contribution in [2.45, 2.75) is 45.8 Å². The fourth-order valence-electron chi connectivity index (χ4n) is 1.03. The molecule has 0 heterocycles.